The molecule has 0 aliphatic carbocycles. The number of thiophene rings is 1. The fraction of sp³-hybridized carbons (Fsp3) is 0.150. The Morgan fingerprint density at radius 3 is 2.50 bits per heavy atom. The van der Waals surface area contributed by atoms with E-state index in [0.29, 0.717) is 27.8 Å². The molecule has 0 saturated carbocycles. The number of rotatable bonds is 4. The molecule has 144 valence electrons. The van der Waals surface area contributed by atoms with E-state index >= 15 is 0 Å². The third-order valence-corrected chi connectivity index (χ3v) is 7.68. The van der Waals surface area contributed by atoms with E-state index in [1.54, 1.807) is 41.8 Å². The van der Waals surface area contributed by atoms with Crippen LogP contribution in [0.5, 0.6) is 0 Å². The van der Waals surface area contributed by atoms with Gasteiger partial charge in [0.25, 0.3) is 10.0 Å². The number of carbonyl (C=O) groups is 1. The molecule has 2 N–H and O–H groups in total. The second-order valence-corrected chi connectivity index (χ2v) is 9.44. The number of sulfonamides is 1. The molecular formula is C20H19N3O3S2. The minimum atomic E-state index is -3.60. The van der Waals surface area contributed by atoms with Crippen molar-refractivity contribution in [3.05, 3.63) is 71.6 Å². The molecule has 0 spiro atoms. The van der Waals surface area contributed by atoms with Crippen LogP contribution in [0.2, 0.25) is 0 Å². The number of nitrogens with one attached hydrogen (secondary N) is 2. The number of carbonyl (C=O) groups excluding carboxylic acids is 1. The topological polar surface area (TPSA) is 78.5 Å². The van der Waals surface area contributed by atoms with Crippen LogP contribution in [0, 0.1) is 0 Å². The van der Waals surface area contributed by atoms with Gasteiger partial charge < -0.3 is 10.6 Å². The SMILES string of the molecule is O=C(Nc1ccccc1)Nc1ccc2c(c1)N(S(=O)(=O)c1cccs1)CCC2. The molecule has 2 heterocycles. The molecule has 0 unspecified atom stereocenters. The van der Waals surface area contributed by atoms with E-state index in [4.69, 9.17) is 0 Å². The van der Waals surface area contributed by atoms with Crippen LogP contribution in [0.1, 0.15) is 12.0 Å². The number of amides is 2. The molecule has 6 nitrogen and oxygen atoms in total. The Bertz CT molecular complexity index is 1080. The average Bonchev–Trinajstić information content (AvgIpc) is 3.24. The van der Waals surface area contributed by atoms with Gasteiger partial charge in [0.2, 0.25) is 0 Å². The second-order valence-electron chi connectivity index (χ2n) is 6.40. The van der Waals surface area contributed by atoms with Crippen molar-refractivity contribution in [3.8, 4) is 0 Å². The maximum absolute atomic E-state index is 13.0. The van der Waals surface area contributed by atoms with Crippen molar-refractivity contribution in [1.82, 2.24) is 0 Å². The maximum atomic E-state index is 13.0. The number of hydrogen-bond donors (Lipinski definition) is 2. The Morgan fingerprint density at radius 1 is 0.964 bits per heavy atom. The zero-order valence-electron chi connectivity index (χ0n) is 15.0. The molecular weight excluding hydrogens is 394 g/mol. The Hall–Kier alpha value is -2.84. The minimum absolute atomic E-state index is 0.320. The Morgan fingerprint density at radius 2 is 1.75 bits per heavy atom. The van der Waals surface area contributed by atoms with Crippen molar-refractivity contribution >= 4 is 44.5 Å². The molecule has 0 atom stereocenters. The lowest BCUT2D eigenvalue weighted by atomic mass is 10.0. The van der Waals surface area contributed by atoms with Gasteiger partial charge >= 0.3 is 6.03 Å². The van der Waals surface area contributed by atoms with Crippen molar-refractivity contribution < 1.29 is 13.2 Å². The van der Waals surface area contributed by atoms with Crippen molar-refractivity contribution in [2.45, 2.75) is 17.1 Å². The standard InChI is InChI=1S/C20H19N3O3S2/c24-20(21-16-7-2-1-3-8-16)22-17-11-10-15-6-4-12-23(18(15)14-17)28(25,26)19-9-5-13-27-19/h1-3,5,7-11,13-14H,4,6,12H2,(H2,21,22,24). The van der Waals surface area contributed by atoms with Gasteiger partial charge in [-0.1, -0.05) is 30.3 Å². The third kappa shape index (κ3) is 3.74. The molecule has 2 aromatic carbocycles. The largest absolute Gasteiger partial charge is 0.323 e. The first-order valence-electron chi connectivity index (χ1n) is 8.86. The summed E-state index contributed by atoms with van der Waals surface area (Å²) in [7, 11) is -3.60. The molecule has 0 bridgehead atoms. The summed E-state index contributed by atoms with van der Waals surface area (Å²) >= 11 is 1.20. The van der Waals surface area contributed by atoms with Crippen LogP contribution in [0.15, 0.2) is 70.3 Å². The molecule has 2 amide bonds. The van der Waals surface area contributed by atoms with Gasteiger partial charge in [0.1, 0.15) is 4.21 Å². The van der Waals surface area contributed by atoms with E-state index < -0.39 is 10.0 Å². The van der Waals surface area contributed by atoms with Gasteiger partial charge in [0, 0.05) is 17.9 Å². The lowest BCUT2D eigenvalue weighted by Crippen LogP contribution is -2.35. The van der Waals surface area contributed by atoms with Crippen LogP contribution in [-0.4, -0.2) is 21.0 Å². The van der Waals surface area contributed by atoms with E-state index in [1.807, 2.05) is 24.3 Å². The van der Waals surface area contributed by atoms with Gasteiger partial charge in [-0.15, -0.1) is 11.3 Å². The first kappa shape index (κ1) is 18.5. The van der Waals surface area contributed by atoms with Crippen molar-refractivity contribution in [1.29, 1.82) is 0 Å². The normalized spacial score (nSPS) is 13.6. The van der Waals surface area contributed by atoms with E-state index in [-0.39, 0.29) is 6.03 Å². The number of benzene rings is 2. The molecule has 0 fully saturated rings. The summed E-state index contributed by atoms with van der Waals surface area (Å²) in [5.41, 5.74) is 2.80. The molecule has 1 aliphatic heterocycles. The second kappa shape index (κ2) is 7.65. The molecule has 1 aliphatic rings. The molecule has 0 saturated heterocycles. The highest BCUT2D eigenvalue weighted by Crippen LogP contribution is 2.35. The van der Waals surface area contributed by atoms with Gasteiger partial charge in [-0.25, -0.2) is 13.2 Å². The quantitative estimate of drug-likeness (QED) is 0.659. The molecule has 0 radical (unpaired) electrons. The van der Waals surface area contributed by atoms with E-state index in [1.165, 1.54) is 15.6 Å². The number of fused-ring (bicyclic) bond motifs is 1. The lowest BCUT2D eigenvalue weighted by molar-refractivity contribution is 0.262. The first-order chi connectivity index (χ1) is 13.5. The minimum Gasteiger partial charge on any atom is -0.308 e. The van der Waals surface area contributed by atoms with E-state index in [0.717, 1.165) is 18.4 Å². The van der Waals surface area contributed by atoms with Crippen LogP contribution in [0.3, 0.4) is 0 Å². The summed E-state index contributed by atoms with van der Waals surface area (Å²) in [5.74, 6) is 0. The summed E-state index contributed by atoms with van der Waals surface area (Å²) in [5, 5.41) is 7.29. The van der Waals surface area contributed by atoms with Crippen LogP contribution in [0.25, 0.3) is 0 Å². The molecule has 1 aromatic heterocycles. The Kier molecular flexibility index (Phi) is 5.06. The Balaban J connectivity index is 1.59. The fourth-order valence-corrected chi connectivity index (χ4v) is 5.84. The van der Waals surface area contributed by atoms with Crippen molar-refractivity contribution in [2.24, 2.45) is 0 Å². The van der Waals surface area contributed by atoms with Gasteiger partial charge in [-0.05, 0) is 54.1 Å². The van der Waals surface area contributed by atoms with Crippen LogP contribution < -0.4 is 14.9 Å². The number of anilines is 3. The monoisotopic (exact) mass is 413 g/mol. The predicted octanol–water partition coefficient (Wildman–Crippen LogP) is 4.53. The molecule has 3 aromatic rings. The fourth-order valence-electron chi connectivity index (χ4n) is 3.20. The summed E-state index contributed by atoms with van der Waals surface area (Å²) in [6, 6.07) is 17.5. The predicted molar refractivity (Wildman–Crippen MR) is 113 cm³/mol. The summed E-state index contributed by atoms with van der Waals surface area (Å²) in [6.45, 7) is 0.424. The highest BCUT2D eigenvalue weighted by Gasteiger charge is 2.30. The third-order valence-electron chi connectivity index (χ3n) is 4.49. The summed E-state index contributed by atoms with van der Waals surface area (Å²) in [6.07, 6.45) is 1.57. The summed E-state index contributed by atoms with van der Waals surface area (Å²) < 4.78 is 27.8. The number of aryl methyl sites for hydroxylation is 1. The van der Waals surface area contributed by atoms with Gasteiger partial charge in [0.05, 0.1) is 5.69 Å². The van der Waals surface area contributed by atoms with Crippen molar-refractivity contribution in [3.63, 3.8) is 0 Å². The zero-order valence-corrected chi connectivity index (χ0v) is 16.6. The first-order valence-corrected chi connectivity index (χ1v) is 11.2. The van der Waals surface area contributed by atoms with E-state index in [9.17, 15) is 13.2 Å². The zero-order chi connectivity index (χ0) is 19.6. The van der Waals surface area contributed by atoms with Gasteiger partial charge in [0.15, 0.2) is 0 Å². The van der Waals surface area contributed by atoms with E-state index in [2.05, 4.69) is 10.6 Å². The smallest absolute Gasteiger partial charge is 0.308 e. The number of hydrogen-bond acceptors (Lipinski definition) is 4. The highest BCUT2D eigenvalue weighted by atomic mass is 32.2. The average molecular weight is 414 g/mol. The number of nitrogens with zero attached hydrogens (tertiary/aromatic N) is 1. The lowest BCUT2D eigenvalue weighted by Gasteiger charge is -2.30. The highest BCUT2D eigenvalue weighted by molar-refractivity contribution is 7.94. The number of para-hydroxylation sites is 1. The Labute approximate surface area is 167 Å². The molecule has 8 heteroatoms. The van der Waals surface area contributed by atoms with Crippen LogP contribution in [0.4, 0.5) is 21.9 Å². The van der Waals surface area contributed by atoms with Crippen molar-refractivity contribution in [2.75, 3.05) is 21.5 Å². The van der Waals surface area contributed by atoms with Gasteiger partial charge in [-0.3, -0.25) is 4.31 Å². The number of urea groups is 1. The van der Waals surface area contributed by atoms with Gasteiger partial charge in [-0.2, -0.15) is 0 Å². The maximum Gasteiger partial charge on any atom is 0.323 e. The van der Waals surface area contributed by atoms with Crippen LogP contribution in [-0.2, 0) is 16.4 Å². The summed E-state index contributed by atoms with van der Waals surface area (Å²) in [4.78, 5) is 12.3. The molecule has 4 rings (SSSR count). The molecule has 28 heavy (non-hydrogen) atoms. The van der Waals surface area contributed by atoms with Crippen LogP contribution >= 0.6 is 11.3 Å².